The Bertz CT molecular complexity index is 736. The van der Waals surface area contributed by atoms with Gasteiger partial charge in [-0.3, -0.25) is 4.79 Å². The standard InChI is InChI=1S/C21H28N4O/c1-4-17(3)23-20-9-8-18(15-22-20)21(26)25-12-10-24(11-13-25)19-7-5-6-16(2)14-19/h5-9,14-15,17H,4,10-13H2,1-3H3,(H,22,23). The van der Waals surface area contributed by atoms with Crippen molar-refractivity contribution in [2.45, 2.75) is 33.2 Å². The van der Waals surface area contributed by atoms with Crippen molar-refractivity contribution in [3.8, 4) is 0 Å². The number of benzene rings is 1. The van der Waals surface area contributed by atoms with Gasteiger partial charge in [-0.2, -0.15) is 0 Å². The Labute approximate surface area is 156 Å². The highest BCUT2D eigenvalue weighted by atomic mass is 16.2. The Morgan fingerprint density at radius 3 is 2.58 bits per heavy atom. The lowest BCUT2D eigenvalue weighted by molar-refractivity contribution is 0.0746. The molecule has 1 unspecified atom stereocenters. The zero-order valence-electron chi connectivity index (χ0n) is 15.9. The van der Waals surface area contributed by atoms with Crippen molar-refractivity contribution in [2.75, 3.05) is 36.4 Å². The van der Waals surface area contributed by atoms with Crippen LogP contribution in [0.5, 0.6) is 0 Å². The van der Waals surface area contributed by atoms with Gasteiger partial charge < -0.3 is 15.1 Å². The van der Waals surface area contributed by atoms with Gasteiger partial charge >= 0.3 is 0 Å². The first-order valence-corrected chi connectivity index (χ1v) is 9.40. The molecule has 138 valence electrons. The molecule has 5 heteroatoms. The minimum absolute atomic E-state index is 0.0662. The van der Waals surface area contributed by atoms with Crippen molar-refractivity contribution in [3.63, 3.8) is 0 Å². The van der Waals surface area contributed by atoms with E-state index in [1.807, 2.05) is 17.0 Å². The summed E-state index contributed by atoms with van der Waals surface area (Å²) in [5, 5.41) is 3.32. The smallest absolute Gasteiger partial charge is 0.255 e. The number of carbonyl (C=O) groups is 1. The van der Waals surface area contributed by atoms with Crippen LogP contribution < -0.4 is 10.2 Å². The highest BCUT2D eigenvalue weighted by Crippen LogP contribution is 2.19. The van der Waals surface area contributed by atoms with Crippen molar-refractivity contribution >= 4 is 17.4 Å². The zero-order chi connectivity index (χ0) is 18.5. The van der Waals surface area contributed by atoms with Crippen LogP contribution in [0.2, 0.25) is 0 Å². The number of aromatic nitrogens is 1. The van der Waals surface area contributed by atoms with Crippen molar-refractivity contribution in [2.24, 2.45) is 0 Å². The number of rotatable bonds is 5. The number of amides is 1. The molecule has 0 saturated carbocycles. The van der Waals surface area contributed by atoms with E-state index in [-0.39, 0.29) is 5.91 Å². The molecule has 1 aliphatic heterocycles. The third kappa shape index (κ3) is 4.34. The minimum Gasteiger partial charge on any atom is -0.368 e. The molecule has 0 radical (unpaired) electrons. The third-order valence-electron chi connectivity index (χ3n) is 4.95. The SMILES string of the molecule is CCC(C)Nc1ccc(C(=O)N2CCN(c3cccc(C)c3)CC2)cn1. The van der Waals surface area contributed by atoms with Gasteiger partial charge in [0.2, 0.25) is 0 Å². The topological polar surface area (TPSA) is 48.5 Å². The van der Waals surface area contributed by atoms with Gasteiger partial charge in [0.15, 0.2) is 0 Å². The minimum atomic E-state index is 0.0662. The molecule has 1 N–H and O–H groups in total. The van der Waals surface area contributed by atoms with Crippen molar-refractivity contribution in [1.82, 2.24) is 9.88 Å². The van der Waals surface area contributed by atoms with Crippen LogP contribution in [0, 0.1) is 6.92 Å². The maximum Gasteiger partial charge on any atom is 0.255 e. The second-order valence-corrected chi connectivity index (χ2v) is 7.00. The summed E-state index contributed by atoms with van der Waals surface area (Å²) in [6.45, 7) is 9.54. The Morgan fingerprint density at radius 1 is 1.19 bits per heavy atom. The molecule has 1 atom stereocenters. The second-order valence-electron chi connectivity index (χ2n) is 7.00. The van der Waals surface area contributed by atoms with Crippen LogP contribution in [0.1, 0.15) is 36.2 Å². The Hall–Kier alpha value is -2.56. The van der Waals surface area contributed by atoms with E-state index in [1.165, 1.54) is 11.3 Å². The Morgan fingerprint density at radius 2 is 1.96 bits per heavy atom. The summed E-state index contributed by atoms with van der Waals surface area (Å²) in [4.78, 5) is 21.4. The largest absolute Gasteiger partial charge is 0.368 e. The molecule has 1 amide bonds. The first-order chi connectivity index (χ1) is 12.6. The lowest BCUT2D eigenvalue weighted by Gasteiger charge is -2.36. The normalized spacial score (nSPS) is 15.7. The van der Waals surface area contributed by atoms with Crippen LogP contribution >= 0.6 is 0 Å². The predicted molar refractivity (Wildman–Crippen MR) is 107 cm³/mol. The molecule has 3 rings (SSSR count). The molecule has 2 heterocycles. The highest BCUT2D eigenvalue weighted by molar-refractivity contribution is 5.94. The van der Waals surface area contributed by atoms with Crippen molar-refractivity contribution in [1.29, 1.82) is 0 Å². The average Bonchev–Trinajstić information content (AvgIpc) is 2.68. The van der Waals surface area contributed by atoms with E-state index in [4.69, 9.17) is 0 Å². The fraction of sp³-hybridized carbons (Fsp3) is 0.429. The molecular weight excluding hydrogens is 324 g/mol. The average molecular weight is 352 g/mol. The summed E-state index contributed by atoms with van der Waals surface area (Å²) in [6.07, 6.45) is 2.72. The third-order valence-corrected chi connectivity index (χ3v) is 4.95. The van der Waals surface area contributed by atoms with E-state index in [0.717, 1.165) is 38.4 Å². The first-order valence-electron chi connectivity index (χ1n) is 9.40. The van der Waals surface area contributed by atoms with Crippen molar-refractivity contribution in [3.05, 3.63) is 53.7 Å². The lowest BCUT2D eigenvalue weighted by atomic mass is 10.1. The molecule has 0 spiro atoms. The van der Waals surface area contributed by atoms with Gasteiger partial charge in [-0.15, -0.1) is 0 Å². The predicted octanol–water partition coefficient (Wildman–Crippen LogP) is 3.56. The molecule has 1 aromatic carbocycles. The number of anilines is 2. The van der Waals surface area contributed by atoms with E-state index in [2.05, 4.69) is 60.2 Å². The second kappa shape index (κ2) is 8.21. The van der Waals surface area contributed by atoms with E-state index >= 15 is 0 Å². The van der Waals surface area contributed by atoms with Crippen LogP contribution in [0.25, 0.3) is 0 Å². The molecule has 5 nitrogen and oxygen atoms in total. The maximum absolute atomic E-state index is 12.7. The molecule has 1 fully saturated rings. The molecule has 1 aliphatic rings. The summed E-state index contributed by atoms with van der Waals surface area (Å²) in [6, 6.07) is 12.7. The maximum atomic E-state index is 12.7. The summed E-state index contributed by atoms with van der Waals surface area (Å²) in [5.74, 6) is 0.886. The fourth-order valence-electron chi connectivity index (χ4n) is 3.14. The molecule has 0 bridgehead atoms. The Kier molecular flexibility index (Phi) is 5.76. The van der Waals surface area contributed by atoms with Crippen LogP contribution in [0.4, 0.5) is 11.5 Å². The van der Waals surface area contributed by atoms with Gasteiger partial charge in [-0.05, 0) is 50.1 Å². The van der Waals surface area contributed by atoms with Gasteiger partial charge in [0.05, 0.1) is 5.56 Å². The molecule has 1 aromatic heterocycles. The number of piperazine rings is 1. The number of nitrogens with zero attached hydrogens (tertiary/aromatic N) is 3. The number of hydrogen-bond donors (Lipinski definition) is 1. The van der Waals surface area contributed by atoms with E-state index in [1.54, 1.807) is 6.20 Å². The summed E-state index contributed by atoms with van der Waals surface area (Å²) in [5.41, 5.74) is 3.15. The number of pyridine rings is 1. The van der Waals surface area contributed by atoms with E-state index in [0.29, 0.717) is 11.6 Å². The van der Waals surface area contributed by atoms with E-state index in [9.17, 15) is 4.79 Å². The van der Waals surface area contributed by atoms with Crippen LogP contribution in [-0.4, -0.2) is 48.0 Å². The highest BCUT2D eigenvalue weighted by Gasteiger charge is 2.22. The molecule has 0 aliphatic carbocycles. The Balaban J connectivity index is 1.58. The first kappa shape index (κ1) is 18.2. The molecule has 1 saturated heterocycles. The summed E-state index contributed by atoms with van der Waals surface area (Å²) in [7, 11) is 0. The van der Waals surface area contributed by atoms with Gasteiger partial charge in [-0.1, -0.05) is 19.1 Å². The van der Waals surface area contributed by atoms with Gasteiger partial charge in [0.25, 0.3) is 5.91 Å². The number of nitrogens with one attached hydrogen (secondary N) is 1. The molecular formula is C21H28N4O. The number of aryl methyl sites for hydroxylation is 1. The van der Waals surface area contributed by atoms with Gasteiger partial charge in [-0.25, -0.2) is 4.98 Å². The number of carbonyl (C=O) groups excluding carboxylic acids is 1. The van der Waals surface area contributed by atoms with Crippen molar-refractivity contribution < 1.29 is 4.79 Å². The zero-order valence-corrected chi connectivity index (χ0v) is 15.9. The van der Waals surface area contributed by atoms with Crippen LogP contribution in [-0.2, 0) is 0 Å². The van der Waals surface area contributed by atoms with Crippen LogP contribution in [0.3, 0.4) is 0 Å². The molecule has 2 aromatic rings. The lowest BCUT2D eigenvalue weighted by Crippen LogP contribution is -2.48. The van der Waals surface area contributed by atoms with Gasteiger partial charge in [0, 0.05) is 44.1 Å². The number of hydrogen-bond acceptors (Lipinski definition) is 4. The fourth-order valence-corrected chi connectivity index (χ4v) is 3.14. The quantitative estimate of drug-likeness (QED) is 0.894. The summed E-state index contributed by atoms with van der Waals surface area (Å²) < 4.78 is 0. The van der Waals surface area contributed by atoms with E-state index < -0.39 is 0 Å². The monoisotopic (exact) mass is 352 g/mol. The van der Waals surface area contributed by atoms with Gasteiger partial charge in [0.1, 0.15) is 5.82 Å². The van der Waals surface area contributed by atoms with Crippen LogP contribution in [0.15, 0.2) is 42.6 Å². The molecule has 26 heavy (non-hydrogen) atoms. The summed E-state index contributed by atoms with van der Waals surface area (Å²) >= 11 is 0.